The van der Waals surface area contributed by atoms with Crippen molar-refractivity contribution in [3.8, 4) is 5.75 Å². The third kappa shape index (κ3) is 4.08. The van der Waals surface area contributed by atoms with Crippen molar-refractivity contribution in [2.45, 2.75) is 6.92 Å². The minimum absolute atomic E-state index is 0.0782. The monoisotopic (exact) mass is 294 g/mol. The van der Waals surface area contributed by atoms with Gasteiger partial charge in [-0.1, -0.05) is 6.07 Å². The van der Waals surface area contributed by atoms with Crippen molar-refractivity contribution in [1.29, 1.82) is 0 Å². The van der Waals surface area contributed by atoms with Crippen LogP contribution in [0.1, 0.15) is 6.92 Å². The van der Waals surface area contributed by atoms with Crippen molar-refractivity contribution in [3.05, 3.63) is 18.2 Å². The molecule has 0 saturated heterocycles. The molecule has 9 heteroatoms. The van der Waals surface area contributed by atoms with Crippen molar-refractivity contribution in [2.24, 2.45) is 0 Å². The van der Waals surface area contributed by atoms with Crippen LogP contribution in [0.25, 0.3) is 0 Å². The maximum Gasteiger partial charge on any atom is 0.232 e. The van der Waals surface area contributed by atoms with Crippen LogP contribution in [-0.2, 0) is 20.0 Å². The van der Waals surface area contributed by atoms with Gasteiger partial charge in [0.15, 0.2) is 5.75 Å². The summed E-state index contributed by atoms with van der Waals surface area (Å²) in [6.45, 7) is 1.44. The summed E-state index contributed by atoms with van der Waals surface area (Å²) in [5, 5.41) is 9.76. The van der Waals surface area contributed by atoms with Gasteiger partial charge in [-0.3, -0.25) is 9.44 Å². The molecule has 102 valence electrons. The van der Waals surface area contributed by atoms with Crippen LogP contribution in [0, 0.1) is 0 Å². The zero-order valence-corrected chi connectivity index (χ0v) is 11.5. The molecule has 0 heterocycles. The van der Waals surface area contributed by atoms with E-state index in [4.69, 9.17) is 0 Å². The Balaban J connectivity index is 3.14. The van der Waals surface area contributed by atoms with Gasteiger partial charge >= 0.3 is 0 Å². The van der Waals surface area contributed by atoms with Gasteiger partial charge < -0.3 is 5.11 Å². The first kappa shape index (κ1) is 14.6. The van der Waals surface area contributed by atoms with E-state index in [9.17, 15) is 21.9 Å². The first-order valence-electron chi connectivity index (χ1n) is 4.95. The quantitative estimate of drug-likeness (QED) is 0.685. The number of hydrogen-bond donors (Lipinski definition) is 3. The topological polar surface area (TPSA) is 113 Å². The highest BCUT2D eigenvalue weighted by Crippen LogP contribution is 2.32. The fourth-order valence-electron chi connectivity index (χ4n) is 1.15. The summed E-state index contributed by atoms with van der Waals surface area (Å²) in [7, 11) is -7.10. The molecule has 0 aromatic heterocycles. The standard InChI is InChI=1S/C9H14N2O5S2/c1-3-18(15,16)11-8-6-4-5-7(9(8)12)10-17(2,13)14/h4-6,10-12H,3H2,1-2H3. The van der Waals surface area contributed by atoms with Crippen LogP contribution in [0.4, 0.5) is 11.4 Å². The molecule has 1 aromatic carbocycles. The predicted octanol–water partition coefficient (Wildman–Crippen LogP) is 0.525. The Morgan fingerprint density at radius 3 is 2.06 bits per heavy atom. The van der Waals surface area contributed by atoms with E-state index in [1.807, 2.05) is 0 Å². The van der Waals surface area contributed by atoms with Gasteiger partial charge in [0.1, 0.15) is 0 Å². The molecule has 7 nitrogen and oxygen atoms in total. The molecule has 3 N–H and O–H groups in total. The first-order chi connectivity index (χ1) is 8.14. The maximum absolute atomic E-state index is 11.4. The lowest BCUT2D eigenvalue weighted by molar-refractivity contribution is 0.480. The van der Waals surface area contributed by atoms with E-state index in [-0.39, 0.29) is 17.1 Å². The fraction of sp³-hybridized carbons (Fsp3) is 0.333. The summed E-state index contributed by atoms with van der Waals surface area (Å²) in [6.07, 6.45) is 0.926. The molecule has 1 rings (SSSR count). The number of phenols is 1. The molecule has 0 bridgehead atoms. The molecule has 0 spiro atoms. The zero-order chi connectivity index (χ0) is 14.0. The van der Waals surface area contributed by atoms with Gasteiger partial charge in [0.25, 0.3) is 0 Å². The minimum atomic E-state index is -3.55. The van der Waals surface area contributed by atoms with E-state index in [0.29, 0.717) is 0 Å². The van der Waals surface area contributed by atoms with Gasteiger partial charge in [-0.25, -0.2) is 16.8 Å². The Hall–Kier alpha value is -1.48. The molecular weight excluding hydrogens is 280 g/mol. The largest absolute Gasteiger partial charge is 0.504 e. The molecule has 0 aliphatic heterocycles. The number of anilines is 2. The van der Waals surface area contributed by atoms with Crippen LogP contribution < -0.4 is 9.44 Å². The smallest absolute Gasteiger partial charge is 0.232 e. The predicted molar refractivity (Wildman–Crippen MR) is 69.7 cm³/mol. The van der Waals surface area contributed by atoms with Crippen LogP contribution in [0.5, 0.6) is 5.75 Å². The average Bonchev–Trinajstić information content (AvgIpc) is 2.22. The highest BCUT2D eigenvalue weighted by Gasteiger charge is 2.14. The number of rotatable bonds is 5. The lowest BCUT2D eigenvalue weighted by atomic mass is 10.2. The Bertz CT molecular complexity index is 637. The minimum Gasteiger partial charge on any atom is -0.504 e. The SMILES string of the molecule is CCS(=O)(=O)Nc1cccc(NS(C)(=O)=O)c1O. The second-order valence-electron chi connectivity index (χ2n) is 3.58. The van der Waals surface area contributed by atoms with E-state index in [0.717, 1.165) is 6.26 Å². The average molecular weight is 294 g/mol. The van der Waals surface area contributed by atoms with E-state index in [1.165, 1.54) is 25.1 Å². The number of nitrogens with one attached hydrogen (secondary N) is 2. The number of para-hydroxylation sites is 1. The highest BCUT2D eigenvalue weighted by atomic mass is 32.2. The van der Waals surface area contributed by atoms with Crippen molar-refractivity contribution in [1.82, 2.24) is 0 Å². The molecule has 0 aliphatic carbocycles. The fourth-order valence-corrected chi connectivity index (χ4v) is 2.36. The summed E-state index contributed by atoms with van der Waals surface area (Å²) in [5.41, 5.74) is -0.167. The molecule has 0 unspecified atom stereocenters. The van der Waals surface area contributed by atoms with Gasteiger partial charge in [0.05, 0.1) is 23.4 Å². The molecule has 0 amide bonds. The molecular formula is C9H14N2O5S2. The third-order valence-corrected chi connectivity index (χ3v) is 3.86. The molecule has 18 heavy (non-hydrogen) atoms. The first-order valence-corrected chi connectivity index (χ1v) is 8.49. The molecule has 0 aliphatic rings. The van der Waals surface area contributed by atoms with E-state index >= 15 is 0 Å². The summed E-state index contributed by atoms with van der Waals surface area (Å²) >= 11 is 0. The van der Waals surface area contributed by atoms with Crippen molar-refractivity contribution >= 4 is 31.4 Å². The molecule has 0 fully saturated rings. The van der Waals surface area contributed by atoms with Crippen molar-refractivity contribution < 1.29 is 21.9 Å². The lowest BCUT2D eigenvalue weighted by Gasteiger charge is -2.12. The van der Waals surface area contributed by atoms with Gasteiger partial charge in [0.2, 0.25) is 20.0 Å². The van der Waals surface area contributed by atoms with Gasteiger partial charge in [-0.15, -0.1) is 0 Å². The normalized spacial score (nSPS) is 12.1. The van der Waals surface area contributed by atoms with E-state index < -0.39 is 25.8 Å². The van der Waals surface area contributed by atoms with Crippen LogP contribution in [0.15, 0.2) is 18.2 Å². The van der Waals surface area contributed by atoms with E-state index in [2.05, 4.69) is 9.44 Å². The van der Waals surface area contributed by atoms with Gasteiger partial charge in [-0.2, -0.15) is 0 Å². The second kappa shape index (κ2) is 5.02. The van der Waals surface area contributed by atoms with Gasteiger partial charge in [0, 0.05) is 0 Å². The number of hydrogen-bond acceptors (Lipinski definition) is 5. The maximum atomic E-state index is 11.4. The lowest BCUT2D eigenvalue weighted by Crippen LogP contribution is -2.15. The zero-order valence-electron chi connectivity index (χ0n) is 9.84. The Kier molecular flexibility index (Phi) is 4.07. The number of sulfonamides is 2. The Morgan fingerprint density at radius 2 is 1.61 bits per heavy atom. The van der Waals surface area contributed by atoms with Crippen LogP contribution >= 0.6 is 0 Å². The highest BCUT2D eigenvalue weighted by molar-refractivity contribution is 7.92. The summed E-state index contributed by atoms with van der Waals surface area (Å²) in [6, 6.07) is 4.07. The Labute approximate surface area is 106 Å². The molecule has 0 atom stereocenters. The van der Waals surface area contributed by atoms with Crippen molar-refractivity contribution in [2.75, 3.05) is 21.5 Å². The number of phenolic OH excluding ortho intramolecular Hbond substituents is 1. The van der Waals surface area contributed by atoms with Crippen LogP contribution in [0.2, 0.25) is 0 Å². The van der Waals surface area contributed by atoms with Crippen LogP contribution in [0.3, 0.4) is 0 Å². The molecule has 1 aromatic rings. The van der Waals surface area contributed by atoms with E-state index in [1.54, 1.807) is 0 Å². The molecule has 0 radical (unpaired) electrons. The second-order valence-corrected chi connectivity index (χ2v) is 7.34. The Morgan fingerprint density at radius 1 is 1.11 bits per heavy atom. The summed E-state index contributed by atoms with van der Waals surface area (Å²) < 4.78 is 49.0. The van der Waals surface area contributed by atoms with Gasteiger partial charge in [-0.05, 0) is 19.1 Å². The summed E-state index contributed by atoms with van der Waals surface area (Å²) in [4.78, 5) is 0. The summed E-state index contributed by atoms with van der Waals surface area (Å²) in [5.74, 6) is -0.629. The van der Waals surface area contributed by atoms with Crippen molar-refractivity contribution in [3.63, 3.8) is 0 Å². The third-order valence-electron chi connectivity index (χ3n) is 1.98. The number of aromatic hydroxyl groups is 1. The number of benzene rings is 1. The van der Waals surface area contributed by atoms with Crippen LogP contribution in [-0.4, -0.2) is 34.0 Å². The molecule has 0 saturated carbocycles.